The predicted molar refractivity (Wildman–Crippen MR) is 95.4 cm³/mol. The third-order valence-corrected chi connectivity index (χ3v) is 4.20. The van der Waals surface area contributed by atoms with E-state index in [0.717, 1.165) is 16.8 Å². The van der Waals surface area contributed by atoms with E-state index in [1.54, 1.807) is 25.4 Å². The van der Waals surface area contributed by atoms with Crippen molar-refractivity contribution in [2.75, 3.05) is 14.2 Å². The number of nitrogens with zero attached hydrogens (tertiary/aromatic N) is 1. The number of carbonyl (C=O) groups is 2. The first-order valence-electron chi connectivity index (χ1n) is 7.89. The Bertz CT molecular complexity index is 938. The second kappa shape index (κ2) is 6.81. The lowest BCUT2D eigenvalue weighted by molar-refractivity contribution is 0.0603. The Labute approximate surface area is 145 Å². The number of Topliss-reactive ketones (excluding diaryl/α,β-unsaturated/α-hetero) is 1. The van der Waals surface area contributed by atoms with Crippen LogP contribution in [0.1, 0.15) is 33.2 Å². The highest BCUT2D eigenvalue weighted by Gasteiger charge is 2.19. The first-order chi connectivity index (χ1) is 12.0. The number of hydrogen-bond acceptors (Lipinski definition) is 4. The van der Waals surface area contributed by atoms with Crippen LogP contribution in [0.25, 0.3) is 10.9 Å². The zero-order valence-corrected chi connectivity index (χ0v) is 14.4. The van der Waals surface area contributed by atoms with E-state index >= 15 is 0 Å². The highest BCUT2D eigenvalue weighted by Crippen LogP contribution is 2.27. The van der Waals surface area contributed by atoms with Crippen molar-refractivity contribution in [1.29, 1.82) is 0 Å². The Morgan fingerprint density at radius 1 is 1.00 bits per heavy atom. The van der Waals surface area contributed by atoms with Gasteiger partial charge in [0.25, 0.3) is 0 Å². The van der Waals surface area contributed by atoms with E-state index in [2.05, 4.69) is 0 Å². The quantitative estimate of drug-likeness (QED) is 0.526. The number of ketones is 1. The molecule has 0 saturated carbocycles. The molecule has 0 atom stereocenters. The molecule has 0 bridgehead atoms. The van der Waals surface area contributed by atoms with E-state index in [9.17, 15) is 9.59 Å². The summed E-state index contributed by atoms with van der Waals surface area (Å²) in [7, 11) is 2.96. The lowest BCUT2D eigenvalue weighted by Crippen LogP contribution is -2.03. The maximum absolute atomic E-state index is 12.1. The Balaban J connectivity index is 2.12. The zero-order valence-electron chi connectivity index (χ0n) is 14.4. The molecule has 2 aromatic carbocycles. The first-order valence-corrected chi connectivity index (χ1v) is 7.89. The second-order valence-electron chi connectivity index (χ2n) is 5.77. The molecule has 1 heterocycles. The lowest BCUT2D eigenvalue weighted by Gasteiger charge is -2.08. The summed E-state index contributed by atoms with van der Waals surface area (Å²) in [5, 5.41) is 0.635. The van der Waals surface area contributed by atoms with E-state index < -0.39 is 5.97 Å². The van der Waals surface area contributed by atoms with E-state index in [1.165, 1.54) is 14.0 Å². The fourth-order valence-electron chi connectivity index (χ4n) is 2.96. The summed E-state index contributed by atoms with van der Waals surface area (Å²) >= 11 is 0. The van der Waals surface area contributed by atoms with Crippen LogP contribution in [0.2, 0.25) is 0 Å². The minimum atomic E-state index is -0.449. The van der Waals surface area contributed by atoms with Crippen molar-refractivity contribution in [1.82, 2.24) is 4.57 Å². The Morgan fingerprint density at radius 2 is 1.72 bits per heavy atom. The van der Waals surface area contributed by atoms with E-state index in [0.29, 0.717) is 23.1 Å². The van der Waals surface area contributed by atoms with Gasteiger partial charge in [-0.05, 0) is 36.8 Å². The molecule has 5 heteroatoms. The fourth-order valence-corrected chi connectivity index (χ4v) is 2.96. The SMILES string of the molecule is COC(=O)c1cccc2c1c(C(C)=O)cn2Cc1ccc(OC)cc1. The van der Waals surface area contributed by atoms with Crippen LogP contribution >= 0.6 is 0 Å². The third-order valence-electron chi connectivity index (χ3n) is 4.20. The number of carbonyl (C=O) groups excluding carboxylic acids is 2. The fraction of sp³-hybridized carbons (Fsp3) is 0.200. The van der Waals surface area contributed by atoms with Crippen molar-refractivity contribution in [2.45, 2.75) is 13.5 Å². The maximum Gasteiger partial charge on any atom is 0.338 e. The van der Waals surface area contributed by atoms with Crippen LogP contribution in [0.15, 0.2) is 48.7 Å². The van der Waals surface area contributed by atoms with Crippen LogP contribution in [0.3, 0.4) is 0 Å². The molecule has 128 valence electrons. The average Bonchev–Trinajstić information content (AvgIpc) is 3.00. The summed E-state index contributed by atoms with van der Waals surface area (Å²) in [6.45, 7) is 2.08. The summed E-state index contributed by atoms with van der Waals surface area (Å²) < 4.78 is 12.0. The number of benzene rings is 2. The van der Waals surface area contributed by atoms with E-state index in [-0.39, 0.29) is 5.78 Å². The van der Waals surface area contributed by atoms with Gasteiger partial charge in [-0.3, -0.25) is 4.79 Å². The van der Waals surface area contributed by atoms with E-state index in [1.807, 2.05) is 34.9 Å². The molecule has 0 spiro atoms. The molecule has 25 heavy (non-hydrogen) atoms. The highest BCUT2D eigenvalue weighted by atomic mass is 16.5. The van der Waals surface area contributed by atoms with Crippen molar-refractivity contribution in [3.8, 4) is 5.75 Å². The molecule has 0 aliphatic heterocycles. The summed E-state index contributed by atoms with van der Waals surface area (Å²) in [5.74, 6) is 0.253. The van der Waals surface area contributed by atoms with Crippen LogP contribution in [-0.4, -0.2) is 30.5 Å². The Kier molecular flexibility index (Phi) is 4.57. The van der Waals surface area contributed by atoms with Crippen LogP contribution in [0.4, 0.5) is 0 Å². The molecule has 0 unspecified atom stereocenters. The van der Waals surface area contributed by atoms with Gasteiger partial charge in [-0.1, -0.05) is 18.2 Å². The smallest absolute Gasteiger partial charge is 0.338 e. The van der Waals surface area contributed by atoms with Gasteiger partial charge in [0.05, 0.1) is 19.8 Å². The molecule has 0 aliphatic carbocycles. The monoisotopic (exact) mass is 337 g/mol. The predicted octanol–water partition coefficient (Wildman–Crippen LogP) is 3.69. The number of rotatable bonds is 5. The van der Waals surface area contributed by atoms with Crippen LogP contribution in [0.5, 0.6) is 5.75 Å². The lowest BCUT2D eigenvalue weighted by atomic mass is 10.0. The van der Waals surface area contributed by atoms with Gasteiger partial charge in [0, 0.05) is 29.2 Å². The van der Waals surface area contributed by atoms with Gasteiger partial charge in [0.15, 0.2) is 5.78 Å². The van der Waals surface area contributed by atoms with Gasteiger partial charge in [0.2, 0.25) is 0 Å². The number of hydrogen-bond donors (Lipinski definition) is 0. The average molecular weight is 337 g/mol. The molecule has 3 aromatic rings. The van der Waals surface area contributed by atoms with Crippen molar-refractivity contribution in [2.24, 2.45) is 0 Å². The van der Waals surface area contributed by atoms with Crippen molar-refractivity contribution in [3.63, 3.8) is 0 Å². The molecular weight excluding hydrogens is 318 g/mol. The molecule has 0 fully saturated rings. The Hall–Kier alpha value is -3.08. The molecule has 0 amide bonds. The van der Waals surface area contributed by atoms with E-state index in [4.69, 9.17) is 9.47 Å². The summed E-state index contributed by atoms with van der Waals surface area (Å²) in [6, 6.07) is 13.1. The number of ether oxygens (including phenoxy) is 2. The van der Waals surface area contributed by atoms with Gasteiger partial charge in [-0.15, -0.1) is 0 Å². The number of methoxy groups -OCH3 is 2. The number of fused-ring (bicyclic) bond motifs is 1. The largest absolute Gasteiger partial charge is 0.497 e. The third kappa shape index (κ3) is 3.13. The summed E-state index contributed by atoms with van der Waals surface area (Å²) in [6.07, 6.45) is 1.80. The molecule has 0 aliphatic rings. The highest BCUT2D eigenvalue weighted by molar-refractivity contribution is 6.14. The molecule has 1 aromatic heterocycles. The van der Waals surface area contributed by atoms with Crippen LogP contribution in [-0.2, 0) is 11.3 Å². The van der Waals surface area contributed by atoms with Gasteiger partial charge in [0.1, 0.15) is 5.75 Å². The molecule has 0 saturated heterocycles. The first kappa shape index (κ1) is 16.8. The van der Waals surface area contributed by atoms with Crippen LogP contribution in [0, 0.1) is 0 Å². The van der Waals surface area contributed by atoms with Gasteiger partial charge in [-0.25, -0.2) is 4.79 Å². The molecule has 0 radical (unpaired) electrons. The number of esters is 1. The summed E-state index contributed by atoms with van der Waals surface area (Å²) in [4.78, 5) is 24.2. The molecule has 0 N–H and O–H groups in total. The second-order valence-corrected chi connectivity index (χ2v) is 5.77. The minimum absolute atomic E-state index is 0.0881. The van der Waals surface area contributed by atoms with Crippen molar-refractivity contribution < 1.29 is 19.1 Å². The number of aromatic nitrogens is 1. The molecular formula is C20H19NO4. The van der Waals surface area contributed by atoms with Crippen LogP contribution < -0.4 is 4.74 Å². The van der Waals surface area contributed by atoms with Crippen molar-refractivity contribution >= 4 is 22.7 Å². The summed E-state index contributed by atoms with van der Waals surface area (Å²) in [5.41, 5.74) is 2.81. The van der Waals surface area contributed by atoms with Crippen molar-refractivity contribution in [3.05, 3.63) is 65.4 Å². The minimum Gasteiger partial charge on any atom is -0.497 e. The van der Waals surface area contributed by atoms with Gasteiger partial charge >= 0.3 is 5.97 Å². The molecule has 3 rings (SSSR count). The standard InChI is InChI=1S/C20H19NO4/c1-13(22)17-12-21(11-14-7-9-15(24-2)10-8-14)18-6-4-5-16(19(17)18)20(23)25-3/h4-10,12H,11H2,1-3H3. The van der Waals surface area contributed by atoms with Gasteiger partial charge in [-0.2, -0.15) is 0 Å². The normalized spacial score (nSPS) is 10.7. The maximum atomic E-state index is 12.1. The Morgan fingerprint density at radius 3 is 2.32 bits per heavy atom. The molecule has 5 nitrogen and oxygen atoms in total. The van der Waals surface area contributed by atoms with Gasteiger partial charge < -0.3 is 14.0 Å². The topological polar surface area (TPSA) is 57.5 Å². The zero-order chi connectivity index (χ0) is 18.0.